The van der Waals surface area contributed by atoms with Crippen LogP contribution in [-0.2, 0) is 14.8 Å². The Bertz CT molecular complexity index is 1020. The quantitative estimate of drug-likeness (QED) is 0.697. The van der Waals surface area contributed by atoms with E-state index in [1.165, 1.54) is 12.1 Å². The standard InChI is InChI=1S/C22H30N4O4S/c1-22(2,3)30-21(27)26-13-7-12-25(14-15-26)17-10-11-19(23)20(16-17)24-31(28,29)18-8-5-4-6-9-18/h4-6,8-11,16,24H,7,12-15,23H2,1-3H3. The molecule has 1 fully saturated rings. The molecule has 2 aromatic rings. The SMILES string of the molecule is CC(C)(C)OC(=O)N1CCCN(c2ccc(N)c(NS(=O)(=O)c3ccccc3)c2)CC1. The van der Waals surface area contributed by atoms with Gasteiger partial charge in [0.25, 0.3) is 10.0 Å². The molecule has 1 saturated heterocycles. The molecule has 0 spiro atoms. The second-order valence-electron chi connectivity index (χ2n) is 8.50. The van der Waals surface area contributed by atoms with E-state index < -0.39 is 15.6 Å². The van der Waals surface area contributed by atoms with Crippen molar-refractivity contribution < 1.29 is 17.9 Å². The molecule has 8 nitrogen and oxygen atoms in total. The van der Waals surface area contributed by atoms with Gasteiger partial charge in [0.2, 0.25) is 0 Å². The van der Waals surface area contributed by atoms with Crippen LogP contribution in [0, 0.1) is 0 Å². The molecule has 31 heavy (non-hydrogen) atoms. The van der Waals surface area contributed by atoms with Gasteiger partial charge in [-0.2, -0.15) is 0 Å². The van der Waals surface area contributed by atoms with Crippen LogP contribution in [-0.4, -0.2) is 51.2 Å². The molecule has 1 aliphatic heterocycles. The zero-order valence-electron chi connectivity index (χ0n) is 18.2. The highest BCUT2D eigenvalue weighted by Gasteiger charge is 2.25. The summed E-state index contributed by atoms with van der Waals surface area (Å²) in [6.45, 7) is 8.00. The molecule has 0 aliphatic carbocycles. The van der Waals surface area contributed by atoms with Crippen LogP contribution in [0.4, 0.5) is 21.9 Å². The number of amides is 1. The number of hydrogen-bond donors (Lipinski definition) is 2. The number of rotatable bonds is 4. The van der Waals surface area contributed by atoms with Crippen molar-refractivity contribution in [2.24, 2.45) is 0 Å². The van der Waals surface area contributed by atoms with E-state index in [1.807, 2.05) is 26.8 Å². The summed E-state index contributed by atoms with van der Waals surface area (Å²) in [5, 5.41) is 0. The van der Waals surface area contributed by atoms with Gasteiger partial charge in [-0.25, -0.2) is 13.2 Å². The number of sulfonamides is 1. The number of ether oxygens (including phenoxy) is 1. The van der Waals surface area contributed by atoms with Crippen LogP contribution in [0.2, 0.25) is 0 Å². The number of carbonyl (C=O) groups excluding carboxylic acids is 1. The predicted octanol–water partition coefficient (Wildman–Crippen LogP) is 3.52. The molecule has 1 amide bonds. The number of anilines is 3. The average Bonchev–Trinajstić information content (AvgIpc) is 2.95. The van der Waals surface area contributed by atoms with Crippen molar-refractivity contribution >= 4 is 33.2 Å². The fourth-order valence-corrected chi connectivity index (χ4v) is 4.42. The summed E-state index contributed by atoms with van der Waals surface area (Å²) < 4.78 is 33.4. The third-order valence-corrected chi connectivity index (χ3v) is 6.23. The third-order valence-electron chi connectivity index (χ3n) is 4.85. The predicted molar refractivity (Wildman–Crippen MR) is 123 cm³/mol. The minimum Gasteiger partial charge on any atom is -0.444 e. The zero-order chi connectivity index (χ0) is 22.6. The maximum absolute atomic E-state index is 12.7. The molecule has 3 N–H and O–H groups in total. The van der Waals surface area contributed by atoms with Gasteiger partial charge in [0.15, 0.2) is 0 Å². The van der Waals surface area contributed by atoms with Crippen LogP contribution >= 0.6 is 0 Å². The summed E-state index contributed by atoms with van der Waals surface area (Å²) in [6, 6.07) is 13.4. The highest BCUT2D eigenvalue weighted by atomic mass is 32.2. The number of benzene rings is 2. The average molecular weight is 447 g/mol. The highest BCUT2D eigenvalue weighted by Crippen LogP contribution is 2.28. The minimum absolute atomic E-state index is 0.169. The van der Waals surface area contributed by atoms with Crippen molar-refractivity contribution in [3.05, 3.63) is 48.5 Å². The molecule has 168 valence electrons. The Morgan fingerprint density at radius 3 is 2.42 bits per heavy atom. The van der Waals surface area contributed by atoms with Gasteiger partial charge in [0.1, 0.15) is 5.60 Å². The first-order chi connectivity index (χ1) is 14.5. The summed E-state index contributed by atoms with van der Waals surface area (Å²) in [6.07, 6.45) is 0.456. The van der Waals surface area contributed by atoms with E-state index in [2.05, 4.69) is 9.62 Å². The van der Waals surface area contributed by atoms with Crippen LogP contribution in [0.25, 0.3) is 0 Å². The first-order valence-electron chi connectivity index (χ1n) is 10.3. The lowest BCUT2D eigenvalue weighted by molar-refractivity contribution is 0.0263. The second-order valence-corrected chi connectivity index (χ2v) is 10.2. The zero-order valence-corrected chi connectivity index (χ0v) is 19.0. The van der Waals surface area contributed by atoms with Gasteiger partial charge >= 0.3 is 6.09 Å². The van der Waals surface area contributed by atoms with Crippen molar-refractivity contribution in [3.8, 4) is 0 Å². The van der Waals surface area contributed by atoms with Crippen LogP contribution in [0.5, 0.6) is 0 Å². The number of nitrogens with one attached hydrogen (secondary N) is 1. The smallest absolute Gasteiger partial charge is 0.410 e. The van der Waals surface area contributed by atoms with Crippen molar-refractivity contribution in [1.29, 1.82) is 0 Å². The topological polar surface area (TPSA) is 105 Å². The molecule has 9 heteroatoms. The Morgan fingerprint density at radius 2 is 1.74 bits per heavy atom. The maximum atomic E-state index is 12.7. The number of hydrogen-bond acceptors (Lipinski definition) is 6. The Hall–Kier alpha value is -2.94. The third kappa shape index (κ3) is 6.04. The molecule has 0 atom stereocenters. The van der Waals surface area contributed by atoms with E-state index in [4.69, 9.17) is 10.5 Å². The molecule has 0 radical (unpaired) electrons. The molecule has 0 bridgehead atoms. The fraction of sp³-hybridized carbons (Fsp3) is 0.409. The van der Waals surface area contributed by atoms with E-state index in [-0.39, 0.29) is 11.0 Å². The van der Waals surface area contributed by atoms with Gasteiger partial charge in [-0.3, -0.25) is 4.72 Å². The Kier molecular flexibility index (Phi) is 6.64. The molecule has 0 saturated carbocycles. The van der Waals surface area contributed by atoms with Crippen LogP contribution in [0.15, 0.2) is 53.4 Å². The molecule has 1 aliphatic rings. The molecule has 0 aromatic heterocycles. The molecule has 3 rings (SSSR count). The Labute approximate surface area is 184 Å². The summed E-state index contributed by atoms with van der Waals surface area (Å²) in [5.41, 5.74) is 7.01. The van der Waals surface area contributed by atoms with Gasteiger partial charge in [0, 0.05) is 31.9 Å². The van der Waals surface area contributed by atoms with Gasteiger partial charge in [-0.1, -0.05) is 18.2 Å². The van der Waals surface area contributed by atoms with E-state index in [9.17, 15) is 13.2 Å². The van der Waals surface area contributed by atoms with E-state index in [0.717, 1.165) is 18.7 Å². The summed E-state index contributed by atoms with van der Waals surface area (Å²) in [4.78, 5) is 16.4. The van der Waals surface area contributed by atoms with Crippen LogP contribution < -0.4 is 15.4 Å². The number of nitrogens with zero attached hydrogens (tertiary/aromatic N) is 2. The van der Waals surface area contributed by atoms with Crippen molar-refractivity contribution in [2.75, 3.05) is 41.5 Å². The minimum atomic E-state index is -3.75. The number of nitrogen functional groups attached to an aromatic ring is 1. The second kappa shape index (κ2) is 9.05. The number of nitrogens with two attached hydrogens (primary N) is 1. The van der Waals surface area contributed by atoms with E-state index in [1.54, 1.807) is 35.2 Å². The first kappa shape index (κ1) is 22.7. The Morgan fingerprint density at radius 1 is 1.03 bits per heavy atom. The summed E-state index contributed by atoms with van der Waals surface area (Å²) >= 11 is 0. The lowest BCUT2D eigenvalue weighted by Crippen LogP contribution is -2.39. The molecular weight excluding hydrogens is 416 g/mol. The lowest BCUT2D eigenvalue weighted by Gasteiger charge is -2.27. The van der Waals surface area contributed by atoms with E-state index >= 15 is 0 Å². The van der Waals surface area contributed by atoms with Crippen molar-refractivity contribution in [3.63, 3.8) is 0 Å². The summed E-state index contributed by atoms with van der Waals surface area (Å²) in [5.74, 6) is 0. The molecule has 1 heterocycles. The Balaban J connectivity index is 1.73. The van der Waals surface area contributed by atoms with Crippen molar-refractivity contribution in [2.45, 2.75) is 37.7 Å². The van der Waals surface area contributed by atoms with Crippen molar-refractivity contribution in [1.82, 2.24) is 4.90 Å². The first-order valence-corrected chi connectivity index (χ1v) is 11.7. The fourth-order valence-electron chi connectivity index (χ4n) is 3.32. The van der Waals surface area contributed by atoms with Gasteiger partial charge in [0.05, 0.1) is 16.3 Å². The monoisotopic (exact) mass is 446 g/mol. The normalized spacial score (nSPS) is 15.3. The van der Waals surface area contributed by atoms with Crippen LogP contribution in [0.1, 0.15) is 27.2 Å². The highest BCUT2D eigenvalue weighted by molar-refractivity contribution is 7.92. The maximum Gasteiger partial charge on any atom is 0.410 e. The van der Waals surface area contributed by atoms with Crippen LogP contribution in [0.3, 0.4) is 0 Å². The number of carbonyl (C=O) groups is 1. The lowest BCUT2D eigenvalue weighted by atomic mass is 10.2. The molecule has 0 unspecified atom stereocenters. The van der Waals surface area contributed by atoms with Gasteiger partial charge in [-0.05, 0) is 57.5 Å². The molecular formula is C22H30N4O4S. The van der Waals surface area contributed by atoms with Gasteiger partial charge in [-0.15, -0.1) is 0 Å². The largest absolute Gasteiger partial charge is 0.444 e. The van der Waals surface area contributed by atoms with Gasteiger partial charge < -0.3 is 20.3 Å². The molecule has 2 aromatic carbocycles. The summed E-state index contributed by atoms with van der Waals surface area (Å²) in [7, 11) is -3.75. The van der Waals surface area contributed by atoms with E-state index in [0.29, 0.717) is 31.0 Å².